The molecule has 1 aliphatic carbocycles. The molecule has 0 unspecified atom stereocenters. The van der Waals surface area contributed by atoms with Crippen LogP contribution in [0, 0.1) is 6.08 Å². The second kappa shape index (κ2) is 2.25. The Bertz CT molecular complexity index is 168. The van der Waals surface area contributed by atoms with Crippen molar-refractivity contribution >= 4 is 0 Å². The highest BCUT2D eigenvalue weighted by Gasteiger charge is 1.93. The molecule has 1 rings (SSSR count). The summed E-state index contributed by atoms with van der Waals surface area (Å²) in [5.41, 5.74) is 1.14. The third-order valence-electron chi connectivity index (χ3n) is 0.980. The van der Waals surface area contributed by atoms with Gasteiger partial charge >= 0.3 is 0 Å². The molecule has 8 heavy (non-hydrogen) atoms. The zero-order valence-electron chi connectivity index (χ0n) is 4.59. The van der Waals surface area contributed by atoms with Crippen LogP contribution in [-0.2, 0) is 0 Å². The van der Waals surface area contributed by atoms with Gasteiger partial charge in [0.15, 0.2) is 0 Å². The molecule has 0 nitrogen and oxygen atoms in total. The van der Waals surface area contributed by atoms with Crippen LogP contribution in [0.2, 0.25) is 0 Å². The smallest absolute Gasteiger partial charge is 0.0961 e. The fourth-order valence-corrected chi connectivity index (χ4v) is 0.536. The lowest BCUT2D eigenvalue weighted by molar-refractivity contribution is 1.63. The van der Waals surface area contributed by atoms with Gasteiger partial charge in [-0.05, 0) is 6.08 Å². The Morgan fingerprint density at radius 1 is 1.62 bits per heavy atom. The van der Waals surface area contributed by atoms with E-state index >= 15 is 0 Å². The Balaban J connectivity index is 2.82. The van der Waals surface area contributed by atoms with Gasteiger partial charge in [0.25, 0.3) is 0 Å². The van der Waals surface area contributed by atoms with Crippen molar-refractivity contribution in [3.05, 3.63) is 48.6 Å². The molecule has 0 saturated carbocycles. The Kier molecular flexibility index (Phi) is 1.41. The minimum absolute atomic E-state index is 1.14. The van der Waals surface area contributed by atoms with Crippen molar-refractivity contribution in [2.45, 2.75) is 0 Å². The van der Waals surface area contributed by atoms with Gasteiger partial charge in [0.2, 0.25) is 0 Å². The summed E-state index contributed by atoms with van der Waals surface area (Å²) in [6.07, 6.45) is 12.4. The SMILES string of the molecule is C=CC1=CC=[C+]C=C1. The predicted molar refractivity (Wildman–Crippen MR) is 35.2 cm³/mol. The van der Waals surface area contributed by atoms with Crippen LogP contribution in [0.5, 0.6) is 0 Å². The second-order valence-corrected chi connectivity index (χ2v) is 1.54. The summed E-state index contributed by atoms with van der Waals surface area (Å²) in [7, 11) is 0. The highest BCUT2D eigenvalue weighted by molar-refractivity contribution is 5.36. The predicted octanol–water partition coefficient (Wildman–Crippen LogP) is 2.03. The van der Waals surface area contributed by atoms with E-state index in [2.05, 4.69) is 12.7 Å². The number of allylic oxidation sites excluding steroid dienone is 7. The fraction of sp³-hybridized carbons (Fsp3) is 0. The lowest BCUT2D eigenvalue weighted by Gasteiger charge is -1.80. The molecule has 0 N–H and O–H groups in total. The van der Waals surface area contributed by atoms with E-state index in [4.69, 9.17) is 0 Å². The minimum atomic E-state index is 1.14. The zero-order valence-corrected chi connectivity index (χ0v) is 4.59. The summed E-state index contributed by atoms with van der Waals surface area (Å²) in [6.45, 7) is 3.62. The Morgan fingerprint density at radius 3 is 2.88 bits per heavy atom. The highest BCUT2D eigenvalue weighted by Crippen LogP contribution is 2.01. The van der Waals surface area contributed by atoms with Crippen molar-refractivity contribution < 1.29 is 0 Å². The van der Waals surface area contributed by atoms with Crippen molar-refractivity contribution in [3.63, 3.8) is 0 Å². The first-order chi connectivity index (χ1) is 3.93. The highest BCUT2D eigenvalue weighted by atomic mass is 13.9. The van der Waals surface area contributed by atoms with Gasteiger partial charge < -0.3 is 0 Å². The summed E-state index contributed by atoms with van der Waals surface area (Å²) in [4.78, 5) is 0. The molecule has 0 heterocycles. The molecule has 0 aromatic heterocycles. The van der Waals surface area contributed by atoms with Gasteiger partial charge in [0.05, 0.1) is 17.7 Å². The quantitative estimate of drug-likeness (QED) is 0.445. The van der Waals surface area contributed by atoms with E-state index < -0.39 is 0 Å². The van der Waals surface area contributed by atoms with Crippen LogP contribution in [0.1, 0.15) is 0 Å². The average molecular weight is 103 g/mol. The van der Waals surface area contributed by atoms with E-state index in [1.54, 1.807) is 0 Å². The standard InChI is InChI=1S/C8H7/c1-2-8-6-4-3-5-7-8/h2,4-7H,1H2/q+1. The molecule has 0 aromatic rings. The molecule has 1 aliphatic rings. The molecule has 0 radical (unpaired) electrons. The average Bonchev–Trinajstić information content (AvgIpc) is 1.90. The van der Waals surface area contributed by atoms with Crippen molar-refractivity contribution in [3.8, 4) is 0 Å². The second-order valence-electron chi connectivity index (χ2n) is 1.54. The normalized spacial score (nSPS) is 14.8. The zero-order chi connectivity index (χ0) is 5.82. The largest absolute Gasteiger partial charge is 0.103 e. The minimum Gasteiger partial charge on any atom is -0.0961 e. The molecular weight excluding hydrogens is 96.1 g/mol. The van der Waals surface area contributed by atoms with E-state index in [0.717, 1.165) is 5.57 Å². The molecule has 0 aliphatic heterocycles. The Morgan fingerprint density at radius 2 is 2.50 bits per heavy atom. The molecule has 38 valence electrons. The van der Waals surface area contributed by atoms with Gasteiger partial charge in [-0.15, -0.1) is 0 Å². The van der Waals surface area contributed by atoms with E-state index in [0.29, 0.717) is 0 Å². The van der Waals surface area contributed by atoms with Gasteiger partial charge in [0, 0.05) is 6.08 Å². The first-order valence-electron chi connectivity index (χ1n) is 2.52. The van der Waals surface area contributed by atoms with Crippen LogP contribution in [-0.4, -0.2) is 0 Å². The summed E-state index contributed by atoms with van der Waals surface area (Å²) < 4.78 is 0. The summed E-state index contributed by atoms with van der Waals surface area (Å²) >= 11 is 0. The molecule has 0 atom stereocenters. The van der Waals surface area contributed by atoms with Gasteiger partial charge in [-0.1, -0.05) is 6.58 Å². The van der Waals surface area contributed by atoms with E-state index in [9.17, 15) is 0 Å². The number of hydrogen-bond donors (Lipinski definition) is 0. The van der Waals surface area contributed by atoms with Crippen LogP contribution in [0.15, 0.2) is 42.5 Å². The van der Waals surface area contributed by atoms with Gasteiger partial charge in [-0.2, -0.15) is 0 Å². The van der Waals surface area contributed by atoms with Crippen LogP contribution in [0.4, 0.5) is 0 Å². The van der Waals surface area contributed by atoms with Gasteiger partial charge in [0.1, 0.15) is 12.2 Å². The molecular formula is C8H7+. The maximum Gasteiger partial charge on any atom is 0.103 e. The first-order valence-corrected chi connectivity index (χ1v) is 2.52. The Hall–Kier alpha value is -1.13. The van der Waals surface area contributed by atoms with E-state index in [1.807, 2.05) is 30.4 Å². The number of hydrogen-bond acceptors (Lipinski definition) is 0. The molecule has 0 bridgehead atoms. The van der Waals surface area contributed by atoms with Crippen molar-refractivity contribution in [2.24, 2.45) is 0 Å². The summed E-state index contributed by atoms with van der Waals surface area (Å²) in [5, 5.41) is 0. The third-order valence-corrected chi connectivity index (χ3v) is 0.980. The Labute approximate surface area is 49.5 Å². The lowest BCUT2D eigenvalue weighted by Crippen LogP contribution is -1.71. The van der Waals surface area contributed by atoms with Gasteiger partial charge in [-0.3, -0.25) is 0 Å². The molecule has 0 aromatic carbocycles. The van der Waals surface area contributed by atoms with E-state index in [1.165, 1.54) is 0 Å². The van der Waals surface area contributed by atoms with Crippen molar-refractivity contribution in [1.29, 1.82) is 0 Å². The summed E-state index contributed by atoms with van der Waals surface area (Å²) in [5.74, 6) is 0. The molecule has 0 saturated heterocycles. The van der Waals surface area contributed by atoms with Crippen molar-refractivity contribution in [1.82, 2.24) is 0 Å². The summed E-state index contributed by atoms with van der Waals surface area (Å²) in [6, 6.07) is 0. The number of rotatable bonds is 1. The fourth-order valence-electron chi connectivity index (χ4n) is 0.536. The maximum absolute atomic E-state index is 3.62. The molecule has 0 fully saturated rings. The molecule has 0 heteroatoms. The van der Waals surface area contributed by atoms with Crippen LogP contribution in [0.3, 0.4) is 0 Å². The van der Waals surface area contributed by atoms with Crippen molar-refractivity contribution in [2.75, 3.05) is 0 Å². The van der Waals surface area contributed by atoms with Gasteiger partial charge in [-0.25, -0.2) is 0 Å². The van der Waals surface area contributed by atoms with E-state index in [-0.39, 0.29) is 0 Å². The van der Waals surface area contributed by atoms with Crippen LogP contribution < -0.4 is 0 Å². The van der Waals surface area contributed by atoms with Crippen LogP contribution in [0.25, 0.3) is 0 Å². The lowest BCUT2D eigenvalue weighted by atomic mass is 10.2. The maximum atomic E-state index is 3.62. The van der Waals surface area contributed by atoms with Crippen LogP contribution >= 0.6 is 0 Å². The third kappa shape index (κ3) is 0.927. The topological polar surface area (TPSA) is 0 Å². The first kappa shape index (κ1) is 5.02. The molecule has 0 amide bonds. The molecule has 0 spiro atoms. The monoisotopic (exact) mass is 103 g/mol.